The number of benzene rings is 1. The lowest BCUT2D eigenvalue weighted by molar-refractivity contribution is -0.118. The lowest BCUT2D eigenvalue weighted by atomic mass is 9.87. The fraction of sp³-hybridized carbons (Fsp3) is 0.522. The molecule has 1 aromatic heterocycles. The van der Waals surface area contributed by atoms with Crippen molar-refractivity contribution in [1.29, 1.82) is 0 Å². The summed E-state index contributed by atoms with van der Waals surface area (Å²) in [5.74, 6) is 1.34. The van der Waals surface area contributed by atoms with Crippen molar-refractivity contribution in [3.8, 4) is 0 Å². The molecule has 1 unspecified atom stereocenters. The second-order valence-corrected chi connectivity index (χ2v) is 7.90. The van der Waals surface area contributed by atoms with Crippen molar-refractivity contribution in [2.24, 2.45) is 0 Å². The van der Waals surface area contributed by atoms with Crippen LogP contribution in [0.15, 0.2) is 12.1 Å². The van der Waals surface area contributed by atoms with E-state index in [1.165, 1.54) is 5.56 Å². The zero-order valence-corrected chi connectivity index (χ0v) is 18.3. The van der Waals surface area contributed by atoms with Crippen LogP contribution in [-0.2, 0) is 4.79 Å². The van der Waals surface area contributed by atoms with Crippen LogP contribution < -0.4 is 9.80 Å². The number of carbonyl (C=O) groups is 1. The van der Waals surface area contributed by atoms with Gasteiger partial charge in [-0.2, -0.15) is 0 Å². The first-order valence-electron chi connectivity index (χ1n) is 10.3. The minimum Gasteiger partial charge on any atom is -0.355 e. The summed E-state index contributed by atoms with van der Waals surface area (Å²) in [5, 5.41) is 0. The Hall–Kier alpha value is -2.43. The van der Waals surface area contributed by atoms with Gasteiger partial charge >= 0.3 is 0 Å². The number of anilines is 2. The Labute approximate surface area is 168 Å². The van der Waals surface area contributed by atoms with Gasteiger partial charge in [0.1, 0.15) is 17.4 Å². The SMILES string of the molecule is CCCCN(CC)c1nc(C)nc2c1N(C)C(=O)C2c1c(C)cc(C)cc1C. The zero-order chi connectivity index (χ0) is 20.6. The van der Waals surface area contributed by atoms with Gasteiger partial charge in [-0.05, 0) is 57.7 Å². The van der Waals surface area contributed by atoms with Gasteiger partial charge in [-0.3, -0.25) is 4.79 Å². The normalized spacial score (nSPS) is 15.9. The van der Waals surface area contributed by atoms with E-state index in [2.05, 4.69) is 51.7 Å². The molecule has 2 heterocycles. The molecule has 1 amide bonds. The molecule has 0 aliphatic carbocycles. The second kappa shape index (κ2) is 7.90. The van der Waals surface area contributed by atoms with Crippen LogP contribution >= 0.6 is 0 Å². The van der Waals surface area contributed by atoms with E-state index in [9.17, 15) is 4.79 Å². The number of likely N-dealkylation sites (N-methyl/N-ethyl adjacent to an activating group) is 1. The summed E-state index contributed by atoms with van der Waals surface area (Å²) in [6.45, 7) is 14.3. The molecule has 0 N–H and O–H groups in total. The molecular formula is C23H32N4O. The van der Waals surface area contributed by atoms with E-state index < -0.39 is 0 Å². The van der Waals surface area contributed by atoms with Crippen LogP contribution in [0.1, 0.15) is 66.4 Å². The Kier molecular flexibility index (Phi) is 5.73. The number of hydrogen-bond donors (Lipinski definition) is 0. The van der Waals surface area contributed by atoms with Gasteiger partial charge in [0.2, 0.25) is 5.91 Å². The third-order valence-corrected chi connectivity index (χ3v) is 5.68. The van der Waals surface area contributed by atoms with Crippen molar-refractivity contribution < 1.29 is 4.79 Å². The molecule has 1 aromatic carbocycles. The first kappa shape index (κ1) is 20.3. The summed E-state index contributed by atoms with van der Waals surface area (Å²) in [4.78, 5) is 27.0. The number of carbonyl (C=O) groups excluding carboxylic acids is 1. The predicted octanol–water partition coefficient (Wildman–Crippen LogP) is 4.44. The van der Waals surface area contributed by atoms with Crippen molar-refractivity contribution in [2.45, 2.75) is 60.3 Å². The largest absolute Gasteiger partial charge is 0.355 e. The molecule has 2 aromatic rings. The van der Waals surface area contributed by atoms with Crippen LogP contribution in [0.2, 0.25) is 0 Å². The van der Waals surface area contributed by atoms with Gasteiger partial charge < -0.3 is 9.80 Å². The summed E-state index contributed by atoms with van der Waals surface area (Å²) in [7, 11) is 1.86. The van der Waals surface area contributed by atoms with E-state index in [1.54, 1.807) is 4.90 Å². The highest BCUT2D eigenvalue weighted by Gasteiger charge is 2.42. The fourth-order valence-electron chi connectivity index (χ4n) is 4.41. The maximum absolute atomic E-state index is 13.4. The van der Waals surface area contributed by atoms with Crippen LogP contribution in [0.5, 0.6) is 0 Å². The van der Waals surface area contributed by atoms with Crippen molar-refractivity contribution in [2.75, 3.05) is 29.9 Å². The molecule has 1 atom stereocenters. The van der Waals surface area contributed by atoms with E-state index >= 15 is 0 Å². The molecule has 0 spiro atoms. The molecule has 0 fully saturated rings. The van der Waals surface area contributed by atoms with E-state index in [-0.39, 0.29) is 11.8 Å². The first-order valence-corrected chi connectivity index (χ1v) is 10.3. The Balaban J connectivity index is 2.20. The van der Waals surface area contributed by atoms with Gasteiger partial charge in [0.15, 0.2) is 5.82 Å². The maximum atomic E-state index is 13.4. The van der Waals surface area contributed by atoms with Gasteiger partial charge in [0.05, 0.1) is 5.69 Å². The van der Waals surface area contributed by atoms with E-state index in [0.29, 0.717) is 0 Å². The minimum atomic E-state index is -0.356. The molecule has 3 rings (SSSR count). The van der Waals surface area contributed by atoms with Crippen LogP contribution in [0.4, 0.5) is 11.5 Å². The molecule has 5 heteroatoms. The van der Waals surface area contributed by atoms with Gasteiger partial charge in [-0.25, -0.2) is 9.97 Å². The number of aryl methyl sites for hydroxylation is 4. The monoisotopic (exact) mass is 380 g/mol. The van der Waals surface area contributed by atoms with Crippen molar-refractivity contribution >= 4 is 17.4 Å². The van der Waals surface area contributed by atoms with Crippen LogP contribution in [0, 0.1) is 27.7 Å². The average Bonchev–Trinajstić information content (AvgIpc) is 2.86. The summed E-state index contributed by atoms with van der Waals surface area (Å²) >= 11 is 0. The molecule has 0 bridgehead atoms. The second-order valence-electron chi connectivity index (χ2n) is 7.90. The van der Waals surface area contributed by atoms with Gasteiger partial charge in [-0.15, -0.1) is 0 Å². The fourth-order valence-corrected chi connectivity index (χ4v) is 4.41. The molecule has 1 aliphatic heterocycles. The Morgan fingerprint density at radius 1 is 1.07 bits per heavy atom. The zero-order valence-electron chi connectivity index (χ0n) is 18.3. The first-order chi connectivity index (χ1) is 13.3. The quantitative estimate of drug-likeness (QED) is 0.743. The summed E-state index contributed by atoms with van der Waals surface area (Å²) in [6, 6.07) is 4.31. The summed E-state index contributed by atoms with van der Waals surface area (Å²) in [5.41, 5.74) is 6.32. The van der Waals surface area contributed by atoms with Gasteiger partial charge in [-0.1, -0.05) is 31.0 Å². The third-order valence-electron chi connectivity index (χ3n) is 5.68. The highest BCUT2D eigenvalue weighted by molar-refractivity contribution is 6.08. The van der Waals surface area contributed by atoms with Crippen LogP contribution in [0.25, 0.3) is 0 Å². The molecule has 0 saturated heterocycles. The number of nitrogens with zero attached hydrogens (tertiary/aromatic N) is 4. The molecule has 5 nitrogen and oxygen atoms in total. The predicted molar refractivity (Wildman–Crippen MR) is 115 cm³/mol. The highest BCUT2D eigenvalue weighted by Crippen LogP contribution is 2.45. The lowest BCUT2D eigenvalue weighted by Gasteiger charge is -2.26. The van der Waals surface area contributed by atoms with Crippen LogP contribution in [0.3, 0.4) is 0 Å². The molecule has 0 saturated carbocycles. The Morgan fingerprint density at radius 3 is 2.29 bits per heavy atom. The van der Waals surface area contributed by atoms with Crippen molar-refractivity contribution in [3.63, 3.8) is 0 Å². The number of aromatic nitrogens is 2. The Morgan fingerprint density at radius 2 is 1.71 bits per heavy atom. The third kappa shape index (κ3) is 3.38. The molecule has 1 aliphatic rings. The number of amides is 1. The molecule has 0 radical (unpaired) electrons. The van der Waals surface area contributed by atoms with Gasteiger partial charge in [0, 0.05) is 20.1 Å². The summed E-state index contributed by atoms with van der Waals surface area (Å²) < 4.78 is 0. The van der Waals surface area contributed by atoms with Crippen LogP contribution in [-0.4, -0.2) is 36.0 Å². The smallest absolute Gasteiger partial charge is 0.240 e. The average molecular weight is 381 g/mol. The molecular weight excluding hydrogens is 348 g/mol. The van der Waals surface area contributed by atoms with Crippen molar-refractivity contribution in [1.82, 2.24) is 9.97 Å². The number of unbranched alkanes of at least 4 members (excludes halogenated alkanes) is 1. The lowest BCUT2D eigenvalue weighted by Crippen LogP contribution is -2.29. The number of hydrogen-bond acceptors (Lipinski definition) is 4. The Bertz CT molecular complexity index is 883. The minimum absolute atomic E-state index is 0.0812. The van der Waals surface area contributed by atoms with Crippen molar-refractivity contribution in [3.05, 3.63) is 45.9 Å². The van der Waals surface area contributed by atoms with E-state index in [4.69, 9.17) is 9.97 Å². The summed E-state index contributed by atoms with van der Waals surface area (Å²) in [6.07, 6.45) is 2.23. The highest BCUT2D eigenvalue weighted by atomic mass is 16.2. The topological polar surface area (TPSA) is 49.3 Å². The van der Waals surface area contributed by atoms with Gasteiger partial charge in [0.25, 0.3) is 0 Å². The number of rotatable bonds is 6. The molecule has 150 valence electrons. The maximum Gasteiger partial charge on any atom is 0.240 e. The van der Waals surface area contributed by atoms with E-state index in [0.717, 1.165) is 65.6 Å². The molecule has 28 heavy (non-hydrogen) atoms. The standard InChI is InChI=1S/C23H32N4O/c1-8-10-11-27(9-2)22-21-20(24-17(6)25-22)19(23(28)26(21)7)18-15(4)12-14(3)13-16(18)5/h12-13,19H,8-11H2,1-7H3. The van der Waals surface area contributed by atoms with E-state index in [1.807, 2.05) is 14.0 Å². The number of fused-ring (bicyclic) bond motifs is 1.